The van der Waals surface area contributed by atoms with Crippen molar-refractivity contribution in [2.24, 2.45) is 0 Å². The fourth-order valence-corrected chi connectivity index (χ4v) is 2.25. The van der Waals surface area contributed by atoms with Gasteiger partial charge in [0.05, 0.1) is 5.56 Å². The van der Waals surface area contributed by atoms with E-state index in [2.05, 4.69) is 0 Å². The minimum absolute atomic E-state index is 0.0209. The first-order chi connectivity index (χ1) is 10.4. The van der Waals surface area contributed by atoms with Crippen molar-refractivity contribution in [2.45, 2.75) is 6.18 Å². The van der Waals surface area contributed by atoms with Crippen LogP contribution in [0.5, 0.6) is 0 Å². The predicted molar refractivity (Wildman–Crippen MR) is 74.5 cm³/mol. The minimum Gasteiger partial charge on any atom is -0.372 e. The average Bonchev–Trinajstić information content (AvgIpc) is 2.52. The van der Waals surface area contributed by atoms with Gasteiger partial charge in [0.1, 0.15) is 17.7 Å². The van der Waals surface area contributed by atoms with Crippen molar-refractivity contribution in [2.75, 3.05) is 31.1 Å². The number of piperazine rings is 1. The predicted octanol–water partition coefficient (Wildman–Crippen LogP) is 2.76. The molecule has 2 rings (SSSR count). The number of allylic oxidation sites excluding steroid dienone is 1. The average molecular weight is 306 g/mol. The van der Waals surface area contributed by atoms with Crippen molar-refractivity contribution in [1.82, 2.24) is 4.90 Å². The molecule has 1 aliphatic heterocycles. The van der Waals surface area contributed by atoms with Gasteiger partial charge in [-0.25, -0.2) is 0 Å². The molecule has 1 heterocycles. The van der Waals surface area contributed by atoms with Gasteiger partial charge in [0.25, 0.3) is 0 Å². The zero-order valence-electron chi connectivity index (χ0n) is 11.6. The number of anilines is 1. The Hall–Kier alpha value is -2.67. The molecule has 22 heavy (non-hydrogen) atoms. The van der Waals surface area contributed by atoms with Crippen molar-refractivity contribution < 1.29 is 13.2 Å². The van der Waals surface area contributed by atoms with Crippen LogP contribution in [0.15, 0.2) is 36.0 Å². The molecule has 1 fully saturated rings. The summed E-state index contributed by atoms with van der Waals surface area (Å²) in [6.45, 7) is 2.15. The molecule has 0 aromatic heterocycles. The summed E-state index contributed by atoms with van der Waals surface area (Å²) in [6, 6.07) is 8.81. The molecular weight excluding hydrogens is 293 g/mol. The van der Waals surface area contributed by atoms with Gasteiger partial charge in [0.2, 0.25) is 0 Å². The maximum Gasteiger partial charge on any atom is 0.416 e. The lowest BCUT2D eigenvalue weighted by Gasteiger charge is -2.35. The molecule has 1 aromatic carbocycles. The minimum atomic E-state index is -4.35. The summed E-state index contributed by atoms with van der Waals surface area (Å²) in [6.07, 6.45) is -2.86. The van der Waals surface area contributed by atoms with E-state index in [4.69, 9.17) is 10.5 Å². The molecule has 0 amide bonds. The van der Waals surface area contributed by atoms with E-state index >= 15 is 0 Å². The first-order valence-electron chi connectivity index (χ1n) is 6.62. The van der Waals surface area contributed by atoms with Crippen LogP contribution in [0.3, 0.4) is 0 Å². The van der Waals surface area contributed by atoms with Gasteiger partial charge >= 0.3 is 6.18 Å². The van der Waals surface area contributed by atoms with Gasteiger partial charge in [0, 0.05) is 38.1 Å². The quantitative estimate of drug-likeness (QED) is 0.788. The highest BCUT2D eigenvalue weighted by atomic mass is 19.4. The molecule has 0 bridgehead atoms. The van der Waals surface area contributed by atoms with E-state index in [0.29, 0.717) is 31.9 Å². The van der Waals surface area contributed by atoms with Crippen LogP contribution in [0.2, 0.25) is 0 Å². The topological polar surface area (TPSA) is 54.1 Å². The Kier molecular flexibility index (Phi) is 4.57. The van der Waals surface area contributed by atoms with Crippen molar-refractivity contribution >= 4 is 5.69 Å². The van der Waals surface area contributed by atoms with Gasteiger partial charge in [-0.3, -0.25) is 0 Å². The second kappa shape index (κ2) is 6.40. The zero-order chi connectivity index (χ0) is 16.2. The number of rotatable bonds is 2. The van der Waals surface area contributed by atoms with E-state index in [1.54, 1.807) is 18.2 Å². The second-order valence-corrected chi connectivity index (χ2v) is 4.84. The van der Waals surface area contributed by atoms with Crippen LogP contribution >= 0.6 is 0 Å². The summed E-state index contributed by atoms with van der Waals surface area (Å²) in [7, 11) is 0. The second-order valence-electron chi connectivity index (χ2n) is 4.84. The Morgan fingerprint density at radius 2 is 1.73 bits per heavy atom. The van der Waals surface area contributed by atoms with Crippen molar-refractivity contribution in [3.8, 4) is 12.1 Å². The Balaban J connectivity index is 2.05. The summed E-state index contributed by atoms with van der Waals surface area (Å²) in [4.78, 5) is 3.68. The lowest BCUT2D eigenvalue weighted by atomic mass is 10.1. The molecule has 0 radical (unpaired) electrons. The molecular formula is C15H13F3N4. The Morgan fingerprint density at radius 3 is 2.27 bits per heavy atom. The van der Waals surface area contributed by atoms with E-state index in [-0.39, 0.29) is 5.57 Å². The summed E-state index contributed by atoms with van der Waals surface area (Å²) < 4.78 is 38.2. The number of hydrogen-bond donors (Lipinski definition) is 0. The van der Waals surface area contributed by atoms with Gasteiger partial charge in [-0.15, -0.1) is 0 Å². The van der Waals surface area contributed by atoms with Crippen molar-refractivity contribution in [3.05, 3.63) is 41.6 Å². The van der Waals surface area contributed by atoms with Gasteiger partial charge in [0.15, 0.2) is 0 Å². The largest absolute Gasteiger partial charge is 0.416 e. The van der Waals surface area contributed by atoms with Crippen LogP contribution < -0.4 is 4.90 Å². The summed E-state index contributed by atoms with van der Waals surface area (Å²) >= 11 is 0. The first kappa shape index (κ1) is 15.7. The fourth-order valence-electron chi connectivity index (χ4n) is 2.25. The molecule has 0 saturated carbocycles. The van der Waals surface area contributed by atoms with E-state index in [1.165, 1.54) is 12.3 Å². The summed E-state index contributed by atoms with van der Waals surface area (Å²) in [5, 5.41) is 17.4. The normalized spacial score (nSPS) is 15.0. The van der Waals surface area contributed by atoms with E-state index in [9.17, 15) is 13.2 Å². The van der Waals surface area contributed by atoms with Crippen LogP contribution in [0, 0.1) is 22.7 Å². The third-order valence-corrected chi connectivity index (χ3v) is 3.41. The zero-order valence-corrected chi connectivity index (χ0v) is 11.6. The molecule has 1 aliphatic rings. The van der Waals surface area contributed by atoms with Crippen molar-refractivity contribution in [3.63, 3.8) is 0 Å². The van der Waals surface area contributed by atoms with Crippen LogP contribution in [-0.4, -0.2) is 31.1 Å². The van der Waals surface area contributed by atoms with Crippen LogP contribution in [0.1, 0.15) is 5.56 Å². The van der Waals surface area contributed by atoms with Gasteiger partial charge in [-0.1, -0.05) is 6.07 Å². The van der Waals surface area contributed by atoms with Gasteiger partial charge < -0.3 is 9.80 Å². The number of hydrogen-bond acceptors (Lipinski definition) is 4. The molecule has 0 spiro atoms. The molecule has 0 unspecified atom stereocenters. The highest BCUT2D eigenvalue weighted by Gasteiger charge is 2.31. The van der Waals surface area contributed by atoms with E-state index in [1.807, 2.05) is 9.80 Å². The maximum absolute atomic E-state index is 12.7. The first-order valence-corrected chi connectivity index (χ1v) is 6.62. The van der Waals surface area contributed by atoms with Crippen LogP contribution in [0.4, 0.5) is 18.9 Å². The van der Waals surface area contributed by atoms with E-state index in [0.717, 1.165) is 12.1 Å². The molecule has 1 aromatic rings. The molecule has 4 nitrogen and oxygen atoms in total. The number of halogens is 3. The number of nitriles is 2. The lowest BCUT2D eigenvalue weighted by Crippen LogP contribution is -2.44. The Labute approximate surface area is 126 Å². The SMILES string of the molecule is N#CC(C#N)=CN1CCN(c2cccc(C(F)(F)F)c2)CC1. The standard InChI is InChI=1S/C15H13F3N4/c16-15(17,18)13-2-1-3-14(8-13)22-6-4-21(5-7-22)11-12(9-19)10-20/h1-3,8,11H,4-7H2. The maximum atomic E-state index is 12.7. The van der Waals surface area contributed by atoms with Gasteiger partial charge in [-0.05, 0) is 18.2 Å². The fraction of sp³-hybridized carbons (Fsp3) is 0.333. The third kappa shape index (κ3) is 3.70. The van der Waals surface area contributed by atoms with Crippen LogP contribution in [0.25, 0.3) is 0 Å². The number of benzene rings is 1. The molecule has 0 atom stereocenters. The Morgan fingerprint density at radius 1 is 1.09 bits per heavy atom. The highest BCUT2D eigenvalue weighted by Crippen LogP contribution is 2.31. The van der Waals surface area contributed by atoms with Gasteiger partial charge in [-0.2, -0.15) is 23.7 Å². The van der Waals surface area contributed by atoms with Crippen molar-refractivity contribution in [1.29, 1.82) is 10.5 Å². The monoisotopic (exact) mass is 306 g/mol. The molecule has 0 aliphatic carbocycles. The lowest BCUT2D eigenvalue weighted by molar-refractivity contribution is -0.137. The Bertz CT molecular complexity index is 628. The van der Waals surface area contributed by atoms with Crippen LogP contribution in [-0.2, 0) is 6.18 Å². The molecule has 114 valence electrons. The summed E-state index contributed by atoms with van der Waals surface area (Å²) in [5.74, 6) is 0. The number of nitrogens with zero attached hydrogens (tertiary/aromatic N) is 4. The summed E-state index contributed by atoms with van der Waals surface area (Å²) in [5.41, 5.74) is -0.115. The highest BCUT2D eigenvalue weighted by molar-refractivity contribution is 5.49. The number of alkyl halides is 3. The third-order valence-electron chi connectivity index (χ3n) is 3.41. The molecule has 1 saturated heterocycles. The molecule has 0 N–H and O–H groups in total. The molecule has 7 heteroatoms. The smallest absolute Gasteiger partial charge is 0.372 e. The van der Waals surface area contributed by atoms with E-state index < -0.39 is 11.7 Å².